The van der Waals surface area contributed by atoms with Gasteiger partial charge in [0.25, 0.3) is 5.91 Å². The quantitative estimate of drug-likeness (QED) is 0.614. The predicted octanol–water partition coefficient (Wildman–Crippen LogP) is 1.18. The van der Waals surface area contributed by atoms with Crippen molar-refractivity contribution >= 4 is 27.7 Å². The third-order valence-corrected chi connectivity index (χ3v) is 9.05. The van der Waals surface area contributed by atoms with Crippen molar-refractivity contribution in [3.63, 3.8) is 0 Å². The number of benzene rings is 1. The van der Waals surface area contributed by atoms with Crippen molar-refractivity contribution in [1.82, 2.24) is 15.1 Å². The summed E-state index contributed by atoms with van der Waals surface area (Å²) < 4.78 is 35.3. The van der Waals surface area contributed by atoms with E-state index in [1.54, 1.807) is 30.0 Å². The van der Waals surface area contributed by atoms with Crippen molar-refractivity contribution < 1.29 is 32.3 Å². The summed E-state index contributed by atoms with van der Waals surface area (Å²) in [5.41, 5.74) is -0.832. The van der Waals surface area contributed by atoms with Crippen LogP contribution in [-0.2, 0) is 25.0 Å². The van der Waals surface area contributed by atoms with Gasteiger partial charge in [-0.15, -0.1) is 0 Å². The van der Waals surface area contributed by atoms with Crippen LogP contribution in [0.25, 0.3) is 0 Å². The normalized spacial score (nSPS) is 28.3. The highest BCUT2D eigenvalue weighted by Gasteiger charge is 2.51. The Kier molecular flexibility index (Phi) is 5.70. The van der Waals surface area contributed by atoms with Crippen LogP contribution in [0.5, 0.6) is 11.5 Å². The molecule has 0 spiro atoms. The molecule has 3 fully saturated rings. The van der Waals surface area contributed by atoms with Gasteiger partial charge in [0, 0.05) is 12.1 Å². The first-order valence-electron chi connectivity index (χ1n) is 11.7. The van der Waals surface area contributed by atoms with Crippen LogP contribution in [0.4, 0.5) is 4.79 Å². The van der Waals surface area contributed by atoms with Gasteiger partial charge in [-0.1, -0.05) is 18.9 Å². The van der Waals surface area contributed by atoms with Crippen LogP contribution in [0.15, 0.2) is 18.2 Å². The maximum atomic E-state index is 13.4. The molecule has 4 aliphatic rings. The predicted molar refractivity (Wildman–Crippen MR) is 121 cm³/mol. The van der Waals surface area contributed by atoms with Crippen molar-refractivity contribution in [1.29, 1.82) is 0 Å². The molecule has 4 amide bonds. The second-order valence-electron chi connectivity index (χ2n) is 9.60. The lowest BCUT2D eigenvalue weighted by Gasteiger charge is -2.35. The first kappa shape index (κ1) is 22.9. The Labute approximate surface area is 198 Å². The SMILES string of the molecule is C[C@@]1(c2ccc3c(c2)OCCO3)NC(=O)N(CC(=O)N(C2CCCC2)[C@@H]2CCS(=O)(=O)C2)C1=O. The molecule has 34 heavy (non-hydrogen) atoms. The van der Waals surface area contributed by atoms with Crippen LogP contribution in [0.3, 0.4) is 0 Å². The average Bonchev–Trinajstić information content (AvgIpc) is 3.50. The standard InChI is InChI=1S/C23H29N3O7S/c1-23(15-6-7-18-19(12-15)33-10-9-32-18)21(28)25(22(29)24-23)13-20(27)26(16-4-2-3-5-16)17-8-11-34(30,31)14-17/h6-7,12,16-17H,2-5,8-11,13-14H2,1H3,(H,24,29)/t17-,23+/m1/s1. The van der Waals surface area contributed by atoms with E-state index in [-0.39, 0.29) is 23.5 Å². The molecule has 11 heteroatoms. The van der Waals surface area contributed by atoms with Crippen molar-refractivity contribution in [2.24, 2.45) is 0 Å². The van der Waals surface area contributed by atoms with E-state index in [4.69, 9.17) is 9.47 Å². The van der Waals surface area contributed by atoms with Gasteiger partial charge >= 0.3 is 6.03 Å². The molecule has 0 radical (unpaired) electrons. The zero-order chi connectivity index (χ0) is 24.1. The van der Waals surface area contributed by atoms with Crippen LogP contribution < -0.4 is 14.8 Å². The van der Waals surface area contributed by atoms with Crippen LogP contribution in [-0.4, -0.2) is 79.4 Å². The van der Waals surface area contributed by atoms with Crippen molar-refractivity contribution in [2.75, 3.05) is 31.3 Å². The Morgan fingerprint density at radius 2 is 1.82 bits per heavy atom. The van der Waals surface area contributed by atoms with E-state index in [9.17, 15) is 22.8 Å². The minimum absolute atomic E-state index is 0.0550. The largest absolute Gasteiger partial charge is 0.486 e. The molecule has 184 valence electrons. The Bertz CT molecular complexity index is 1130. The van der Waals surface area contributed by atoms with Gasteiger partial charge in [-0.2, -0.15) is 0 Å². The van der Waals surface area contributed by atoms with Gasteiger partial charge in [-0.25, -0.2) is 13.2 Å². The van der Waals surface area contributed by atoms with Crippen LogP contribution >= 0.6 is 0 Å². The lowest BCUT2D eigenvalue weighted by atomic mass is 9.91. The highest BCUT2D eigenvalue weighted by molar-refractivity contribution is 7.91. The summed E-state index contributed by atoms with van der Waals surface area (Å²) in [6, 6.07) is 3.95. The smallest absolute Gasteiger partial charge is 0.325 e. The summed E-state index contributed by atoms with van der Waals surface area (Å²) in [7, 11) is -3.19. The first-order valence-corrected chi connectivity index (χ1v) is 13.6. The molecule has 0 unspecified atom stereocenters. The molecule has 0 aromatic heterocycles. The third kappa shape index (κ3) is 3.99. The summed E-state index contributed by atoms with van der Waals surface area (Å²) in [6.07, 6.45) is 3.94. The number of amides is 4. The fourth-order valence-corrected chi connectivity index (χ4v) is 7.20. The number of hydrogen-bond donors (Lipinski definition) is 1. The molecular weight excluding hydrogens is 462 g/mol. The number of nitrogens with one attached hydrogen (secondary N) is 1. The Morgan fingerprint density at radius 1 is 1.12 bits per heavy atom. The summed E-state index contributed by atoms with van der Waals surface area (Å²) in [5.74, 6) is 0.137. The molecule has 1 N–H and O–H groups in total. The third-order valence-electron chi connectivity index (χ3n) is 7.30. The molecule has 5 rings (SSSR count). The molecule has 2 saturated heterocycles. The van der Waals surface area contributed by atoms with Gasteiger partial charge < -0.3 is 19.7 Å². The van der Waals surface area contributed by atoms with Gasteiger partial charge in [0.05, 0.1) is 11.5 Å². The van der Waals surface area contributed by atoms with E-state index in [1.807, 2.05) is 0 Å². The highest BCUT2D eigenvalue weighted by atomic mass is 32.2. The van der Waals surface area contributed by atoms with E-state index in [1.165, 1.54) is 0 Å². The number of hydrogen-bond acceptors (Lipinski definition) is 7. The lowest BCUT2D eigenvalue weighted by Crippen LogP contribution is -2.51. The van der Waals surface area contributed by atoms with Gasteiger partial charge in [-0.05, 0) is 43.9 Å². The van der Waals surface area contributed by atoms with Gasteiger partial charge in [0.15, 0.2) is 21.3 Å². The number of urea groups is 1. The molecule has 1 aromatic carbocycles. The monoisotopic (exact) mass is 491 g/mol. The van der Waals surface area contributed by atoms with E-state index in [0.717, 1.165) is 30.6 Å². The van der Waals surface area contributed by atoms with E-state index >= 15 is 0 Å². The Hall–Kier alpha value is -2.82. The van der Waals surface area contributed by atoms with E-state index < -0.39 is 39.9 Å². The lowest BCUT2D eigenvalue weighted by molar-refractivity contribution is -0.141. The summed E-state index contributed by atoms with van der Waals surface area (Å²) in [5, 5.41) is 2.72. The molecule has 1 aliphatic carbocycles. The van der Waals surface area contributed by atoms with E-state index in [0.29, 0.717) is 36.7 Å². The molecule has 3 aliphatic heterocycles. The molecular formula is C23H29N3O7S. The molecule has 1 aromatic rings. The number of carbonyl (C=O) groups is 3. The zero-order valence-electron chi connectivity index (χ0n) is 19.1. The van der Waals surface area contributed by atoms with Crippen molar-refractivity contribution in [3.05, 3.63) is 23.8 Å². The molecule has 3 heterocycles. The molecule has 2 atom stereocenters. The first-order chi connectivity index (χ1) is 16.2. The molecule has 0 bridgehead atoms. The Balaban J connectivity index is 1.37. The number of rotatable bonds is 5. The number of imide groups is 1. The van der Waals surface area contributed by atoms with Gasteiger partial charge in [-0.3, -0.25) is 14.5 Å². The minimum Gasteiger partial charge on any atom is -0.486 e. The van der Waals surface area contributed by atoms with Crippen LogP contribution in [0.1, 0.15) is 44.6 Å². The van der Waals surface area contributed by atoms with E-state index in [2.05, 4.69) is 5.32 Å². The molecule has 1 saturated carbocycles. The van der Waals surface area contributed by atoms with Crippen LogP contribution in [0, 0.1) is 0 Å². The number of ether oxygens (including phenoxy) is 2. The fourth-order valence-electron chi connectivity index (χ4n) is 5.49. The summed E-state index contributed by atoms with van der Waals surface area (Å²) in [6.45, 7) is 2.01. The highest BCUT2D eigenvalue weighted by Crippen LogP contribution is 2.37. The maximum Gasteiger partial charge on any atom is 0.325 e. The Morgan fingerprint density at radius 3 is 2.50 bits per heavy atom. The summed E-state index contributed by atoms with van der Waals surface area (Å²) >= 11 is 0. The summed E-state index contributed by atoms with van der Waals surface area (Å²) in [4.78, 5) is 42.3. The average molecular weight is 492 g/mol. The molecule has 10 nitrogen and oxygen atoms in total. The zero-order valence-corrected chi connectivity index (χ0v) is 19.9. The second-order valence-corrected chi connectivity index (χ2v) is 11.8. The minimum atomic E-state index is -3.19. The van der Waals surface area contributed by atoms with Crippen LogP contribution in [0.2, 0.25) is 0 Å². The fraction of sp³-hybridized carbons (Fsp3) is 0.609. The topological polar surface area (TPSA) is 122 Å². The van der Waals surface area contributed by atoms with Crippen molar-refractivity contribution in [3.8, 4) is 11.5 Å². The number of nitrogens with zero attached hydrogens (tertiary/aromatic N) is 2. The number of sulfone groups is 1. The van der Waals surface area contributed by atoms with Gasteiger partial charge in [0.2, 0.25) is 5.91 Å². The second kappa shape index (κ2) is 8.44. The number of fused-ring (bicyclic) bond motifs is 1. The van der Waals surface area contributed by atoms with Crippen molar-refractivity contribution in [2.45, 2.75) is 56.7 Å². The number of carbonyl (C=O) groups excluding carboxylic acids is 3. The van der Waals surface area contributed by atoms with Gasteiger partial charge in [0.1, 0.15) is 25.3 Å². The maximum absolute atomic E-state index is 13.4.